The Morgan fingerprint density at radius 1 is 1.03 bits per heavy atom. The predicted molar refractivity (Wildman–Crippen MR) is 125 cm³/mol. The first kappa shape index (κ1) is 23.7. The van der Waals surface area contributed by atoms with Crippen LogP contribution in [0.25, 0.3) is 11.3 Å². The van der Waals surface area contributed by atoms with E-state index in [1.807, 2.05) is 25.1 Å². The van der Waals surface area contributed by atoms with Crippen LogP contribution >= 0.6 is 0 Å². The topological polar surface area (TPSA) is 89.0 Å². The number of rotatable bonds is 7. The molecule has 2 N–H and O–H groups in total. The van der Waals surface area contributed by atoms with E-state index >= 15 is 0 Å². The number of alkyl halides is 3. The fraction of sp³-hybridized carbons (Fsp3) is 0.120. The predicted octanol–water partition coefficient (Wildman–Crippen LogP) is 5.63. The maximum absolute atomic E-state index is 12.7. The lowest BCUT2D eigenvalue weighted by Gasteiger charge is -2.13. The zero-order valence-corrected chi connectivity index (χ0v) is 18.5. The Balaban J connectivity index is 1.39. The molecule has 0 spiro atoms. The van der Waals surface area contributed by atoms with Gasteiger partial charge in [0.05, 0.1) is 11.3 Å². The van der Waals surface area contributed by atoms with Crippen molar-refractivity contribution in [3.63, 3.8) is 0 Å². The summed E-state index contributed by atoms with van der Waals surface area (Å²) in [6, 6.07) is 14.9. The van der Waals surface area contributed by atoms with Gasteiger partial charge in [-0.2, -0.15) is 13.2 Å². The van der Waals surface area contributed by atoms with Gasteiger partial charge < -0.3 is 15.4 Å². The molecule has 0 bridgehead atoms. The Kier molecular flexibility index (Phi) is 6.91. The smallest absolute Gasteiger partial charge is 0.416 e. The zero-order valence-electron chi connectivity index (χ0n) is 18.5. The SMILES string of the molecule is Cc1ccc(NC(=O)COc2ccc(C(F)(F)F)cc2)cc1Nc1nccc(-c2cccnc2)n1. The average Bonchev–Trinajstić information content (AvgIpc) is 2.85. The number of hydrogen-bond donors (Lipinski definition) is 2. The lowest BCUT2D eigenvalue weighted by atomic mass is 10.1. The van der Waals surface area contributed by atoms with Crippen LogP contribution in [0.4, 0.5) is 30.5 Å². The monoisotopic (exact) mass is 479 g/mol. The summed E-state index contributed by atoms with van der Waals surface area (Å²) in [5.41, 5.74) is 2.86. The summed E-state index contributed by atoms with van der Waals surface area (Å²) in [7, 11) is 0. The summed E-state index contributed by atoms with van der Waals surface area (Å²) in [5.74, 6) is 0.0724. The Hall–Kier alpha value is -4.47. The normalized spacial score (nSPS) is 11.1. The number of nitrogens with zero attached hydrogens (tertiary/aromatic N) is 3. The van der Waals surface area contributed by atoms with Crippen molar-refractivity contribution in [2.24, 2.45) is 0 Å². The highest BCUT2D eigenvalue weighted by Crippen LogP contribution is 2.30. The number of aromatic nitrogens is 3. The van der Waals surface area contributed by atoms with Crippen LogP contribution in [0, 0.1) is 6.92 Å². The van der Waals surface area contributed by atoms with Crippen molar-refractivity contribution in [1.29, 1.82) is 0 Å². The molecule has 0 saturated heterocycles. The number of ether oxygens (including phenoxy) is 1. The minimum atomic E-state index is -4.43. The maximum atomic E-state index is 12.7. The number of carbonyl (C=O) groups excluding carboxylic acids is 1. The molecule has 10 heteroatoms. The van der Waals surface area contributed by atoms with Crippen molar-refractivity contribution in [1.82, 2.24) is 15.0 Å². The average molecular weight is 479 g/mol. The van der Waals surface area contributed by atoms with Crippen molar-refractivity contribution in [2.45, 2.75) is 13.1 Å². The van der Waals surface area contributed by atoms with Gasteiger partial charge in [0.1, 0.15) is 5.75 Å². The largest absolute Gasteiger partial charge is 0.484 e. The molecule has 7 nitrogen and oxygen atoms in total. The second-order valence-electron chi connectivity index (χ2n) is 7.52. The number of amides is 1. The van der Waals surface area contributed by atoms with Gasteiger partial charge in [-0.3, -0.25) is 9.78 Å². The molecule has 0 unspecified atom stereocenters. The quantitative estimate of drug-likeness (QED) is 0.357. The van der Waals surface area contributed by atoms with Crippen LogP contribution in [0.3, 0.4) is 0 Å². The van der Waals surface area contributed by atoms with Crippen molar-refractivity contribution < 1.29 is 22.7 Å². The first-order valence-electron chi connectivity index (χ1n) is 10.5. The first-order chi connectivity index (χ1) is 16.8. The van der Waals surface area contributed by atoms with Gasteiger partial charge in [0.15, 0.2) is 6.61 Å². The second kappa shape index (κ2) is 10.2. The van der Waals surface area contributed by atoms with Crippen molar-refractivity contribution in [3.05, 3.63) is 90.4 Å². The third-order valence-electron chi connectivity index (χ3n) is 4.93. The molecule has 1 amide bonds. The van der Waals surface area contributed by atoms with Crippen LogP contribution in [-0.2, 0) is 11.0 Å². The molecule has 4 aromatic rings. The molecule has 4 rings (SSSR count). The van der Waals surface area contributed by atoms with Gasteiger partial charge in [0.2, 0.25) is 5.95 Å². The molecule has 178 valence electrons. The fourth-order valence-corrected chi connectivity index (χ4v) is 3.13. The Bertz CT molecular complexity index is 1310. The van der Waals surface area contributed by atoms with E-state index in [9.17, 15) is 18.0 Å². The first-order valence-corrected chi connectivity index (χ1v) is 10.5. The highest BCUT2D eigenvalue weighted by molar-refractivity contribution is 5.92. The molecular weight excluding hydrogens is 459 g/mol. The number of aryl methyl sites for hydroxylation is 1. The van der Waals surface area contributed by atoms with Gasteiger partial charge in [-0.15, -0.1) is 0 Å². The molecule has 0 saturated carbocycles. The third kappa shape index (κ3) is 6.32. The van der Waals surface area contributed by atoms with Crippen molar-refractivity contribution >= 4 is 23.2 Å². The summed E-state index contributed by atoms with van der Waals surface area (Å²) < 4.78 is 43.2. The van der Waals surface area contributed by atoms with Gasteiger partial charge in [-0.1, -0.05) is 6.07 Å². The highest BCUT2D eigenvalue weighted by atomic mass is 19.4. The van der Waals surface area contributed by atoms with E-state index < -0.39 is 17.6 Å². The Morgan fingerprint density at radius 3 is 2.54 bits per heavy atom. The summed E-state index contributed by atoms with van der Waals surface area (Å²) in [5, 5.41) is 5.86. The summed E-state index contributed by atoms with van der Waals surface area (Å²) in [6.07, 6.45) is 0.594. The maximum Gasteiger partial charge on any atom is 0.416 e. The van der Waals surface area contributed by atoms with Gasteiger partial charge in [0, 0.05) is 35.5 Å². The van der Waals surface area contributed by atoms with E-state index in [1.54, 1.807) is 36.8 Å². The number of benzene rings is 2. The molecule has 0 radical (unpaired) electrons. The van der Waals surface area contributed by atoms with Crippen LogP contribution in [0.5, 0.6) is 5.75 Å². The number of pyridine rings is 1. The van der Waals surface area contributed by atoms with Crippen LogP contribution in [0.1, 0.15) is 11.1 Å². The van der Waals surface area contributed by atoms with Crippen LogP contribution in [0.2, 0.25) is 0 Å². The standard InChI is InChI=1S/C25H20F3N5O2/c1-16-4-7-19(31-23(34)15-35-20-8-5-18(6-9-20)25(26,27)28)13-22(16)33-24-30-12-10-21(32-24)17-3-2-11-29-14-17/h2-14H,15H2,1H3,(H,31,34)(H,30,32,33). The van der Waals surface area contributed by atoms with E-state index in [-0.39, 0.29) is 12.4 Å². The molecule has 0 atom stereocenters. The van der Waals surface area contributed by atoms with E-state index in [2.05, 4.69) is 25.6 Å². The Morgan fingerprint density at radius 2 is 1.83 bits per heavy atom. The molecule has 35 heavy (non-hydrogen) atoms. The van der Waals surface area contributed by atoms with E-state index in [1.165, 1.54) is 12.1 Å². The third-order valence-corrected chi connectivity index (χ3v) is 4.93. The molecular formula is C25H20F3N5O2. The number of nitrogens with one attached hydrogen (secondary N) is 2. The van der Waals surface area contributed by atoms with Crippen molar-refractivity contribution in [3.8, 4) is 17.0 Å². The molecule has 0 aliphatic heterocycles. The minimum absolute atomic E-state index is 0.157. The summed E-state index contributed by atoms with van der Waals surface area (Å²) in [4.78, 5) is 25.2. The Labute approximate surface area is 199 Å². The number of hydrogen-bond acceptors (Lipinski definition) is 6. The molecule has 0 aliphatic carbocycles. The van der Waals surface area contributed by atoms with E-state index in [4.69, 9.17) is 4.74 Å². The molecule has 0 aliphatic rings. The molecule has 2 heterocycles. The molecule has 2 aromatic carbocycles. The number of halogens is 3. The number of carbonyl (C=O) groups is 1. The summed E-state index contributed by atoms with van der Waals surface area (Å²) in [6.45, 7) is 1.53. The van der Waals surface area contributed by atoms with Gasteiger partial charge in [-0.25, -0.2) is 9.97 Å². The molecule has 2 aromatic heterocycles. The second-order valence-corrected chi connectivity index (χ2v) is 7.52. The molecule has 0 fully saturated rings. The number of anilines is 3. The minimum Gasteiger partial charge on any atom is -0.484 e. The summed E-state index contributed by atoms with van der Waals surface area (Å²) >= 11 is 0. The fourth-order valence-electron chi connectivity index (χ4n) is 3.13. The lowest BCUT2D eigenvalue weighted by molar-refractivity contribution is -0.137. The van der Waals surface area contributed by atoms with Crippen molar-refractivity contribution in [2.75, 3.05) is 17.2 Å². The highest BCUT2D eigenvalue weighted by Gasteiger charge is 2.30. The van der Waals surface area contributed by atoms with Crippen LogP contribution < -0.4 is 15.4 Å². The zero-order chi connectivity index (χ0) is 24.8. The van der Waals surface area contributed by atoms with Gasteiger partial charge in [-0.05, 0) is 67.1 Å². The van der Waals surface area contributed by atoms with Gasteiger partial charge >= 0.3 is 6.18 Å². The van der Waals surface area contributed by atoms with Gasteiger partial charge in [0.25, 0.3) is 5.91 Å². The van der Waals surface area contributed by atoms with E-state index in [0.29, 0.717) is 23.0 Å². The van der Waals surface area contributed by atoms with Crippen LogP contribution in [-0.4, -0.2) is 27.5 Å². The lowest BCUT2D eigenvalue weighted by Crippen LogP contribution is -2.20. The van der Waals surface area contributed by atoms with E-state index in [0.717, 1.165) is 23.3 Å². The van der Waals surface area contributed by atoms with Crippen LogP contribution in [0.15, 0.2) is 79.3 Å².